The van der Waals surface area contributed by atoms with Gasteiger partial charge in [0.1, 0.15) is 0 Å². The Balaban J connectivity index is 0. The molecule has 0 aliphatic rings. The molecule has 0 aromatic rings. The van der Waals surface area contributed by atoms with Gasteiger partial charge in [0, 0.05) is 8.41 Å². The topological polar surface area (TPSA) is 0 Å². The van der Waals surface area contributed by atoms with Crippen molar-refractivity contribution in [2.45, 2.75) is 0 Å². The first kappa shape index (κ1) is 8.87. The second-order valence-corrected chi connectivity index (χ2v) is 0.247. The van der Waals surface area contributed by atoms with Gasteiger partial charge in [0.15, 0.2) is 0 Å². The van der Waals surface area contributed by atoms with E-state index in [0.29, 0.717) is 0 Å². The smallest absolute Gasteiger partial charge is 0.254 e. The second-order valence-electron chi connectivity index (χ2n) is 0.247. The number of halogens is 3. The van der Waals surface area contributed by atoms with Crippen LogP contribution in [0.25, 0.3) is 0 Å². The van der Waals surface area contributed by atoms with Crippen LogP contribution >= 0.6 is 0 Å². The molecule has 0 atom stereocenters. The molecule has 0 spiro atoms. The predicted molar refractivity (Wildman–Crippen MR) is 14.8 cm³/mol. The van der Waals surface area contributed by atoms with Crippen molar-refractivity contribution in [2.75, 3.05) is 0 Å². The molecule has 0 heterocycles. The highest BCUT2D eigenvalue weighted by Crippen LogP contribution is 1.80. The van der Waals surface area contributed by atoms with Crippen LogP contribution in [-0.4, -0.2) is 16.0 Å². The molecule has 0 rings (SSSR count). The van der Waals surface area contributed by atoms with Gasteiger partial charge in [0.25, 0.3) is 0 Å². The minimum absolute atomic E-state index is 0. The molecule has 3 radical (unpaired) electrons. The first-order valence-corrected chi connectivity index (χ1v) is 0.655. The van der Waals surface area contributed by atoms with Crippen molar-refractivity contribution < 1.29 is 12.9 Å². The van der Waals surface area contributed by atoms with E-state index in [1.807, 2.05) is 0 Å². The molecule has 0 aliphatic heterocycles. The first-order chi connectivity index (χ1) is 1.73. The Morgan fingerprint density at radius 3 is 1.00 bits per heavy atom. The fourth-order valence-corrected chi connectivity index (χ4v) is 0. The van der Waals surface area contributed by atoms with Crippen molar-refractivity contribution >= 4 is 16.0 Å². The van der Waals surface area contributed by atoms with Gasteiger partial charge in [-0.1, -0.05) is 0 Å². The SMILES string of the molecule is FB(F)F.[B]. The van der Waals surface area contributed by atoms with Gasteiger partial charge >= 0.3 is 7.54 Å². The Kier molecular flexibility index (Phi) is 6.95. The van der Waals surface area contributed by atoms with Gasteiger partial charge in [0.2, 0.25) is 0 Å². The lowest BCUT2D eigenvalue weighted by atomic mass is 10.5. The molecule has 0 saturated carbocycles. The lowest BCUT2D eigenvalue weighted by Gasteiger charge is -1.55. The molecule has 0 fully saturated rings. The normalized spacial score (nSPS) is 5.40. The van der Waals surface area contributed by atoms with Gasteiger partial charge in [-0.15, -0.1) is 0 Å². The van der Waals surface area contributed by atoms with Crippen molar-refractivity contribution in [2.24, 2.45) is 0 Å². The molecule has 0 aliphatic carbocycles. The summed E-state index contributed by atoms with van der Waals surface area (Å²) >= 11 is 0. The van der Waals surface area contributed by atoms with E-state index in [4.69, 9.17) is 0 Å². The molecule has 0 amide bonds. The van der Waals surface area contributed by atoms with E-state index in [9.17, 15) is 12.9 Å². The van der Waals surface area contributed by atoms with E-state index in [0.717, 1.165) is 0 Å². The van der Waals surface area contributed by atoms with Crippen LogP contribution in [0.4, 0.5) is 12.9 Å². The van der Waals surface area contributed by atoms with Crippen molar-refractivity contribution in [3.8, 4) is 0 Å². The van der Waals surface area contributed by atoms with Crippen molar-refractivity contribution in [1.82, 2.24) is 0 Å². The molecule has 27 valence electrons. The minimum Gasteiger partial charge on any atom is -0.254 e. The van der Waals surface area contributed by atoms with E-state index in [1.165, 1.54) is 0 Å². The Morgan fingerprint density at radius 1 is 1.00 bits per heavy atom. The standard InChI is InChI=1S/BF3.B/c2-1(3)4;. The van der Waals surface area contributed by atoms with Crippen LogP contribution in [0, 0.1) is 0 Å². The summed E-state index contributed by atoms with van der Waals surface area (Å²) in [5.41, 5.74) is 0. The zero-order valence-corrected chi connectivity index (χ0v) is 2.29. The van der Waals surface area contributed by atoms with Gasteiger partial charge in [-0.25, -0.2) is 0 Å². The fourth-order valence-electron chi connectivity index (χ4n) is 0. The van der Waals surface area contributed by atoms with Crippen LogP contribution in [0.15, 0.2) is 0 Å². The lowest BCUT2D eigenvalue weighted by molar-refractivity contribution is 0.535. The maximum Gasteiger partial charge on any atom is 0.762 e. The maximum atomic E-state index is 9.67. The van der Waals surface area contributed by atoms with Gasteiger partial charge < -0.3 is 0 Å². The quantitative estimate of drug-likeness (QED) is 0.370. The predicted octanol–water partition coefficient (Wildman–Crippen LogP) is 0.499. The third kappa shape index (κ3) is 2250. The van der Waals surface area contributed by atoms with Crippen LogP contribution in [0.5, 0.6) is 0 Å². The van der Waals surface area contributed by atoms with Crippen LogP contribution in [0.2, 0.25) is 0 Å². The summed E-state index contributed by atoms with van der Waals surface area (Å²) in [7, 11) is -3.67. The molecule has 0 bridgehead atoms. The molecular weight excluding hydrogens is 78.6 g/mol. The molecule has 0 aromatic carbocycles. The Hall–Kier alpha value is -0.0801. The van der Waals surface area contributed by atoms with Crippen LogP contribution in [0.1, 0.15) is 0 Å². The van der Waals surface area contributed by atoms with Crippen LogP contribution < -0.4 is 0 Å². The molecule has 0 nitrogen and oxygen atoms in total. The maximum absolute atomic E-state index is 9.67. The second kappa shape index (κ2) is 3.92. The monoisotopic (exact) mass is 79.0 g/mol. The number of hydrogen-bond donors (Lipinski definition) is 0. The molecule has 5 heteroatoms. The van der Waals surface area contributed by atoms with E-state index in [-0.39, 0.29) is 8.41 Å². The zero-order valence-electron chi connectivity index (χ0n) is 2.29. The molecule has 0 aromatic heterocycles. The first-order valence-electron chi connectivity index (χ1n) is 0.655. The Bertz CT molecular complexity index is 9.61. The minimum atomic E-state index is -3.67. The Morgan fingerprint density at radius 2 is 1.00 bits per heavy atom. The highest BCUT2D eigenvalue weighted by atomic mass is 19.4. The number of rotatable bonds is 0. The summed E-state index contributed by atoms with van der Waals surface area (Å²) in [6.45, 7) is 0. The largest absolute Gasteiger partial charge is 0.762 e. The summed E-state index contributed by atoms with van der Waals surface area (Å²) in [6.07, 6.45) is 0. The average molecular weight is 78.6 g/mol. The average Bonchev–Trinajstić information content (AvgIpc) is 0.811. The summed E-state index contributed by atoms with van der Waals surface area (Å²) < 4.78 is 29.0. The highest BCUT2D eigenvalue weighted by molar-refractivity contribution is 6.33. The highest BCUT2D eigenvalue weighted by Gasteiger charge is 2.06. The van der Waals surface area contributed by atoms with Gasteiger partial charge in [0.05, 0.1) is 0 Å². The molecule has 5 heavy (non-hydrogen) atoms. The van der Waals surface area contributed by atoms with Crippen molar-refractivity contribution in [1.29, 1.82) is 0 Å². The van der Waals surface area contributed by atoms with E-state index in [2.05, 4.69) is 0 Å². The van der Waals surface area contributed by atoms with Gasteiger partial charge in [-0.3, -0.25) is 12.9 Å². The zero-order chi connectivity index (χ0) is 3.58. The third-order valence-electron chi connectivity index (χ3n) is 0. The summed E-state index contributed by atoms with van der Waals surface area (Å²) in [5.74, 6) is 0. The van der Waals surface area contributed by atoms with Crippen LogP contribution in [0.3, 0.4) is 0 Å². The van der Waals surface area contributed by atoms with Crippen LogP contribution in [-0.2, 0) is 0 Å². The van der Waals surface area contributed by atoms with Gasteiger partial charge in [-0.2, -0.15) is 0 Å². The third-order valence-corrected chi connectivity index (χ3v) is 0. The van der Waals surface area contributed by atoms with Crippen molar-refractivity contribution in [3.05, 3.63) is 0 Å². The number of hydrogen-bond acceptors (Lipinski definition) is 0. The van der Waals surface area contributed by atoms with E-state index >= 15 is 0 Å². The Labute approximate surface area is 30.2 Å². The molecule has 0 N–H and O–H groups in total. The lowest BCUT2D eigenvalue weighted by Crippen LogP contribution is -1.76. The summed E-state index contributed by atoms with van der Waals surface area (Å²) in [5, 5.41) is 0. The molecule has 0 unspecified atom stereocenters. The van der Waals surface area contributed by atoms with E-state index in [1.54, 1.807) is 0 Å². The fraction of sp³-hybridized carbons (Fsp3) is 0. The summed E-state index contributed by atoms with van der Waals surface area (Å²) in [4.78, 5) is 0. The van der Waals surface area contributed by atoms with E-state index < -0.39 is 7.54 Å². The van der Waals surface area contributed by atoms with Gasteiger partial charge in [-0.05, 0) is 0 Å². The summed E-state index contributed by atoms with van der Waals surface area (Å²) in [6, 6.07) is 0. The molecular formula is B2F3. The molecule has 0 saturated heterocycles. The van der Waals surface area contributed by atoms with Crippen molar-refractivity contribution in [3.63, 3.8) is 0 Å².